The molecule has 0 amide bonds. The Kier molecular flexibility index (Phi) is 5.01. The monoisotopic (exact) mass is 205 g/mol. The summed E-state index contributed by atoms with van der Waals surface area (Å²) in [6.45, 7) is 1.14. The fourth-order valence-electron chi connectivity index (χ4n) is 1.89. The van der Waals surface area contributed by atoms with Crippen LogP contribution in [0.3, 0.4) is 0 Å². The average Bonchev–Trinajstić information content (AvgIpc) is 2.38. The van der Waals surface area contributed by atoms with E-state index in [4.69, 9.17) is 0 Å². The Bertz CT molecular complexity index is 176. The number of aldehydes is 1. The van der Waals surface area contributed by atoms with E-state index in [0.717, 1.165) is 38.5 Å². The molecule has 4 heteroatoms. The molecule has 0 aromatic heterocycles. The third-order valence-electron chi connectivity index (χ3n) is 2.71. The van der Waals surface area contributed by atoms with E-state index in [9.17, 15) is 13.6 Å². The first kappa shape index (κ1) is 11.6. The molecule has 0 aromatic carbocycles. The Morgan fingerprint density at radius 1 is 1.36 bits per heavy atom. The van der Waals surface area contributed by atoms with Gasteiger partial charge in [0, 0.05) is 13.0 Å². The maximum Gasteiger partial charge on any atom is 0.239 e. The Morgan fingerprint density at radius 3 is 2.79 bits per heavy atom. The molecule has 0 spiro atoms. The molecule has 2 nitrogen and oxygen atoms in total. The van der Waals surface area contributed by atoms with Gasteiger partial charge in [0.2, 0.25) is 6.43 Å². The number of halogens is 2. The first-order valence-corrected chi connectivity index (χ1v) is 5.21. The lowest BCUT2D eigenvalue weighted by molar-refractivity contribution is -0.112. The summed E-state index contributed by atoms with van der Waals surface area (Å²) in [6, 6.07) is -0.128. The first-order valence-electron chi connectivity index (χ1n) is 5.21. The van der Waals surface area contributed by atoms with Crippen molar-refractivity contribution in [1.82, 2.24) is 4.90 Å². The minimum Gasteiger partial charge on any atom is -0.302 e. The number of alkyl halides is 2. The van der Waals surface area contributed by atoms with Crippen LogP contribution in [0.4, 0.5) is 8.78 Å². The first-order chi connectivity index (χ1) is 6.74. The molecule has 1 fully saturated rings. The van der Waals surface area contributed by atoms with Crippen LogP contribution in [0.1, 0.15) is 32.1 Å². The van der Waals surface area contributed by atoms with Gasteiger partial charge in [-0.05, 0) is 19.4 Å². The summed E-state index contributed by atoms with van der Waals surface area (Å²) in [6.07, 6.45) is 2.51. The third-order valence-corrected chi connectivity index (χ3v) is 2.71. The normalized spacial score (nSPS) is 24.9. The van der Waals surface area contributed by atoms with Gasteiger partial charge in [-0.15, -0.1) is 0 Å². The van der Waals surface area contributed by atoms with Crippen LogP contribution in [0.15, 0.2) is 0 Å². The van der Waals surface area contributed by atoms with Crippen molar-refractivity contribution in [2.75, 3.05) is 13.1 Å². The van der Waals surface area contributed by atoms with Crippen LogP contribution in [0, 0.1) is 0 Å². The summed E-state index contributed by atoms with van der Waals surface area (Å²) < 4.78 is 24.0. The van der Waals surface area contributed by atoms with E-state index < -0.39 is 6.43 Å². The molecular formula is C10H17F2NO. The van der Waals surface area contributed by atoms with E-state index in [1.165, 1.54) is 0 Å². The summed E-state index contributed by atoms with van der Waals surface area (Å²) in [5, 5.41) is 0. The van der Waals surface area contributed by atoms with Crippen molar-refractivity contribution >= 4 is 6.29 Å². The number of carbonyl (C=O) groups excluding carboxylic acids is 1. The predicted octanol–water partition coefficient (Wildman–Crippen LogP) is 2.09. The van der Waals surface area contributed by atoms with Crippen LogP contribution in [0.2, 0.25) is 0 Å². The molecule has 0 aromatic rings. The lowest BCUT2D eigenvalue weighted by Gasteiger charge is -2.25. The second-order valence-corrected chi connectivity index (χ2v) is 3.77. The Morgan fingerprint density at radius 2 is 2.14 bits per heavy atom. The maximum atomic E-state index is 12.0. The highest BCUT2D eigenvalue weighted by Gasteiger charge is 2.20. The van der Waals surface area contributed by atoms with Gasteiger partial charge in [-0.1, -0.05) is 12.8 Å². The second kappa shape index (κ2) is 6.06. The highest BCUT2D eigenvalue weighted by Crippen LogP contribution is 2.16. The van der Waals surface area contributed by atoms with Crippen LogP contribution in [0.25, 0.3) is 0 Å². The third kappa shape index (κ3) is 3.70. The molecule has 1 heterocycles. The second-order valence-electron chi connectivity index (χ2n) is 3.77. The number of nitrogens with zero attached hydrogens (tertiary/aromatic N) is 1. The summed E-state index contributed by atoms with van der Waals surface area (Å²) in [5.74, 6) is 0. The van der Waals surface area contributed by atoms with Crippen LogP contribution >= 0.6 is 0 Å². The molecule has 0 aliphatic carbocycles. The van der Waals surface area contributed by atoms with Crippen molar-refractivity contribution < 1.29 is 13.6 Å². The molecule has 1 aliphatic rings. The van der Waals surface area contributed by atoms with Crippen molar-refractivity contribution in [3.8, 4) is 0 Å². The zero-order valence-corrected chi connectivity index (χ0v) is 8.29. The van der Waals surface area contributed by atoms with Gasteiger partial charge in [-0.2, -0.15) is 0 Å². The van der Waals surface area contributed by atoms with Crippen molar-refractivity contribution in [2.45, 2.75) is 44.6 Å². The number of likely N-dealkylation sites (tertiary alicyclic amines) is 1. The SMILES string of the molecule is O=CC1CCCCCN1CCC(F)F. The largest absolute Gasteiger partial charge is 0.302 e. The molecule has 0 bridgehead atoms. The number of hydrogen-bond acceptors (Lipinski definition) is 2. The molecule has 0 saturated carbocycles. The van der Waals surface area contributed by atoms with Gasteiger partial charge in [0.25, 0.3) is 0 Å². The van der Waals surface area contributed by atoms with Crippen LogP contribution in [0.5, 0.6) is 0 Å². The summed E-state index contributed by atoms with van der Waals surface area (Å²) in [7, 11) is 0. The zero-order chi connectivity index (χ0) is 10.4. The summed E-state index contributed by atoms with van der Waals surface area (Å²) in [5.41, 5.74) is 0. The van der Waals surface area contributed by atoms with E-state index in [2.05, 4.69) is 0 Å². The van der Waals surface area contributed by atoms with Crippen LogP contribution in [-0.4, -0.2) is 36.7 Å². The molecule has 1 unspecified atom stereocenters. The minimum absolute atomic E-state index is 0.121. The quantitative estimate of drug-likeness (QED) is 0.655. The summed E-state index contributed by atoms with van der Waals surface area (Å²) in [4.78, 5) is 12.6. The van der Waals surface area contributed by atoms with E-state index in [0.29, 0.717) is 6.54 Å². The lowest BCUT2D eigenvalue weighted by Crippen LogP contribution is -2.37. The van der Waals surface area contributed by atoms with Crippen molar-refractivity contribution in [3.05, 3.63) is 0 Å². The highest BCUT2D eigenvalue weighted by atomic mass is 19.3. The highest BCUT2D eigenvalue weighted by molar-refractivity contribution is 5.57. The van der Waals surface area contributed by atoms with Crippen molar-refractivity contribution in [1.29, 1.82) is 0 Å². The maximum absolute atomic E-state index is 12.0. The Balaban J connectivity index is 2.39. The zero-order valence-electron chi connectivity index (χ0n) is 8.29. The van der Waals surface area contributed by atoms with Gasteiger partial charge in [-0.25, -0.2) is 8.78 Å². The molecular weight excluding hydrogens is 188 g/mol. The van der Waals surface area contributed by atoms with Crippen molar-refractivity contribution in [3.63, 3.8) is 0 Å². The van der Waals surface area contributed by atoms with E-state index in [-0.39, 0.29) is 12.5 Å². The van der Waals surface area contributed by atoms with Crippen molar-refractivity contribution in [2.24, 2.45) is 0 Å². The van der Waals surface area contributed by atoms with E-state index in [1.807, 2.05) is 4.90 Å². The van der Waals surface area contributed by atoms with E-state index >= 15 is 0 Å². The molecule has 1 saturated heterocycles. The summed E-state index contributed by atoms with van der Waals surface area (Å²) >= 11 is 0. The Labute approximate surface area is 83.3 Å². The van der Waals surface area contributed by atoms with Gasteiger partial charge in [0.05, 0.1) is 6.04 Å². The molecule has 1 atom stereocenters. The minimum atomic E-state index is -2.26. The average molecular weight is 205 g/mol. The van der Waals surface area contributed by atoms with Gasteiger partial charge in [0.15, 0.2) is 0 Å². The van der Waals surface area contributed by atoms with Gasteiger partial charge >= 0.3 is 0 Å². The number of carbonyl (C=O) groups is 1. The number of hydrogen-bond donors (Lipinski definition) is 0. The van der Waals surface area contributed by atoms with Gasteiger partial charge in [-0.3, -0.25) is 4.90 Å². The predicted molar refractivity (Wildman–Crippen MR) is 50.5 cm³/mol. The van der Waals surface area contributed by atoms with Crippen LogP contribution in [-0.2, 0) is 4.79 Å². The molecule has 0 radical (unpaired) electrons. The number of rotatable bonds is 4. The molecule has 1 rings (SSSR count). The lowest BCUT2D eigenvalue weighted by atomic mass is 10.1. The van der Waals surface area contributed by atoms with E-state index in [1.54, 1.807) is 0 Å². The standard InChI is InChI=1S/C10H17F2NO/c11-10(12)5-7-13-6-3-1-2-4-9(13)8-14/h8-10H,1-7H2. The topological polar surface area (TPSA) is 20.3 Å². The molecule has 0 N–H and O–H groups in total. The molecule has 82 valence electrons. The fourth-order valence-corrected chi connectivity index (χ4v) is 1.89. The Hall–Kier alpha value is -0.510. The molecule has 1 aliphatic heterocycles. The molecule has 14 heavy (non-hydrogen) atoms. The van der Waals surface area contributed by atoms with Crippen LogP contribution < -0.4 is 0 Å². The smallest absolute Gasteiger partial charge is 0.239 e. The van der Waals surface area contributed by atoms with Gasteiger partial charge < -0.3 is 4.79 Å². The fraction of sp³-hybridized carbons (Fsp3) is 0.900. The van der Waals surface area contributed by atoms with Gasteiger partial charge in [0.1, 0.15) is 6.29 Å².